The summed E-state index contributed by atoms with van der Waals surface area (Å²) >= 11 is 0. The van der Waals surface area contributed by atoms with Gasteiger partial charge in [-0.2, -0.15) is 0 Å². The van der Waals surface area contributed by atoms with Gasteiger partial charge < -0.3 is 18.9 Å². The molecule has 0 aliphatic heterocycles. The molecule has 1 unspecified atom stereocenters. The summed E-state index contributed by atoms with van der Waals surface area (Å²) in [5, 5.41) is 0. The van der Waals surface area contributed by atoms with Gasteiger partial charge in [0.2, 0.25) is 0 Å². The van der Waals surface area contributed by atoms with E-state index in [2.05, 4.69) is 37.5 Å². The highest BCUT2D eigenvalue weighted by Crippen LogP contribution is 2.43. The van der Waals surface area contributed by atoms with E-state index in [1.54, 1.807) is 0 Å². The van der Waals surface area contributed by atoms with Gasteiger partial charge in [-0.3, -0.25) is 18.6 Å². The fourth-order valence-electron chi connectivity index (χ4n) is 5.63. The summed E-state index contributed by atoms with van der Waals surface area (Å²) in [7, 11) is 1.45. The zero-order chi connectivity index (χ0) is 40.0. The molecule has 0 aliphatic carbocycles. The number of ether oxygens (including phenoxy) is 2. The molecule has 0 radical (unpaired) electrons. The Labute approximate surface area is 332 Å². The predicted molar refractivity (Wildman–Crippen MR) is 222 cm³/mol. The average molecular weight is 783 g/mol. The maximum atomic E-state index is 12.7. The zero-order valence-corrected chi connectivity index (χ0v) is 36.3. The predicted octanol–water partition coefficient (Wildman–Crippen LogP) is 11.3. The minimum atomic E-state index is -4.38. The van der Waals surface area contributed by atoms with Crippen molar-refractivity contribution >= 4 is 19.8 Å². The van der Waals surface area contributed by atoms with Crippen molar-refractivity contribution in [3.8, 4) is 23.7 Å². The Hall–Kier alpha value is -1.87. The number of rotatable bonds is 36. The molecule has 10 heteroatoms. The Morgan fingerprint density at radius 3 is 1.37 bits per heavy atom. The molecule has 0 saturated heterocycles. The normalized spacial score (nSPS) is 12.9. The van der Waals surface area contributed by atoms with E-state index in [1.165, 1.54) is 77.0 Å². The molecule has 1 N–H and O–H groups in total. The van der Waals surface area contributed by atoms with Crippen molar-refractivity contribution in [2.75, 3.05) is 47.5 Å². The number of unbranched alkanes of at least 4 members (excludes halogenated alkanes) is 22. The van der Waals surface area contributed by atoms with Gasteiger partial charge in [0.15, 0.2) is 6.10 Å². The number of phosphoric ester groups is 1. The molecule has 0 aromatic carbocycles. The topological polar surface area (TPSA) is 108 Å². The summed E-state index contributed by atoms with van der Waals surface area (Å²) in [5.74, 6) is 12.3. The third kappa shape index (κ3) is 39.8. The van der Waals surface area contributed by atoms with Crippen LogP contribution in [0.4, 0.5) is 0 Å². The van der Waals surface area contributed by atoms with E-state index in [1.807, 2.05) is 21.1 Å². The number of quaternary nitrogens is 1. The molecule has 314 valence electrons. The van der Waals surface area contributed by atoms with E-state index < -0.39 is 32.5 Å². The first kappa shape index (κ1) is 52.1. The van der Waals surface area contributed by atoms with Crippen molar-refractivity contribution in [2.24, 2.45) is 0 Å². The summed E-state index contributed by atoms with van der Waals surface area (Å²) < 4.78 is 34.2. The first-order valence-corrected chi connectivity index (χ1v) is 23.2. The molecule has 0 bridgehead atoms. The Bertz CT molecular complexity index is 1080. The number of phosphoric acid groups is 1. The van der Waals surface area contributed by atoms with Gasteiger partial charge >= 0.3 is 19.8 Å². The molecule has 0 saturated carbocycles. The molecule has 2 atom stereocenters. The number of hydrogen-bond donors (Lipinski definition) is 1. The molecule has 0 aromatic heterocycles. The Morgan fingerprint density at radius 1 is 0.556 bits per heavy atom. The minimum Gasteiger partial charge on any atom is -0.462 e. The van der Waals surface area contributed by atoms with Crippen molar-refractivity contribution in [3.05, 3.63) is 0 Å². The lowest BCUT2D eigenvalue weighted by Crippen LogP contribution is -2.37. The van der Waals surface area contributed by atoms with Crippen molar-refractivity contribution in [2.45, 2.75) is 200 Å². The fourth-order valence-corrected chi connectivity index (χ4v) is 6.37. The van der Waals surface area contributed by atoms with Gasteiger partial charge in [0.25, 0.3) is 0 Å². The Kier molecular flexibility index (Phi) is 35.5. The van der Waals surface area contributed by atoms with Crippen LogP contribution in [0.2, 0.25) is 0 Å². The lowest BCUT2D eigenvalue weighted by atomic mass is 10.1. The number of carbonyl (C=O) groups excluding carboxylic acids is 2. The molecule has 0 aliphatic rings. The summed E-state index contributed by atoms with van der Waals surface area (Å²) in [6.07, 6.45) is 28.3. The average Bonchev–Trinajstić information content (AvgIpc) is 3.12. The summed E-state index contributed by atoms with van der Waals surface area (Å²) in [5.41, 5.74) is 0. The van der Waals surface area contributed by atoms with Gasteiger partial charge in [-0.15, -0.1) is 23.7 Å². The van der Waals surface area contributed by atoms with E-state index in [0.717, 1.165) is 77.0 Å². The SMILES string of the molecule is CCCCCCCCC#CCCCCCCCC(=O)OC[C@H](COP(=O)(O)OCC[N+](C)(C)C)OC(=O)CCCCCCCC#CCCCCCCCC. The van der Waals surface area contributed by atoms with Crippen LogP contribution in [0.5, 0.6) is 0 Å². The number of carbonyl (C=O) groups is 2. The molecular weight excluding hydrogens is 701 g/mol. The van der Waals surface area contributed by atoms with Crippen LogP contribution in [0.15, 0.2) is 0 Å². The summed E-state index contributed by atoms with van der Waals surface area (Å²) in [6.45, 7) is 4.34. The van der Waals surface area contributed by atoms with Crippen molar-refractivity contribution in [3.63, 3.8) is 0 Å². The van der Waals surface area contributed by atoms with E-state index in [-0.39, 0.29) is 26.1 Å². The highest BCUT2D eigenvalue weighted by atomic mass is 31.2. The number of likely N-dealkylation sites (N-methyl/N-ethyl adjacent to an activating group) is 1. The van der Waals surface area contributed by atoms with E-state index in [4.69, 9.17) is 18.5 Å². The van der Waals surface area contributed by atoms with Gasteiger partial charge in [0.05, 0.1) is 27.7 Å². The highest BCUT2D eigenvalue weighted by Gasteiger charge is 2.27. The van der Waals surface area contributed by atoms with Gasteiger partial charge in [0, 0.05) is 38.5 Å². The first-order valence-electron chi connectivity index (χ1n) is 21.7. The second kappa shape index (κ2) is 36.7. The number of nitrogens with zero attached hydrogens (tertiary/aromatic N) is 1. The quantitative estimate of drug-likeness (QED) is 0.0220. The second-order valence-corrected chi connectivity index (χ2v) is 17.1. The maximum Gasteiger partial charge on any atom is 0.472 e. The zero-order valence-electron chi connectivity index (χ0n) is 35.4. The summed E-state index contributed by atoms with van der Waals surface area (Å²) in [4.78, 5) is 35.3. The van der Waals surface area contributed by atoms with Gasteiger partial charge in [-0.1, -0.05) is 117 Å². The molecule has 9 nitrogen and oxygen atoms in total. The largest absolute Gasteiger partial charge is 0.472 e. The number of esters is 2. The van der Waals surface area contributed by atoms with Gasteiger partial charge in [0.1, 0.15) is 19.8 Å². The van der Waals surface area contributed by atoms with E-state index in [0.29, 0.717) is 23.9 Å². The standard InChI is InChI=1S/C44H80NO8P/c1-6-8-10-12-14-16-18-20-22-24-26-28-30-32-34-36-43(46)50-40-42(41-52-54(48,49)51-39-38-45(3,4)5)53-44(47)37-35-33-31-29-27-25-23-21-19-17-15-13-11-9-7-2/h42H,6-19,24-41H2,1-5H3/p+1/t42-/m1/s1. The Morgan fingerprint density at radius 2 is 0.944 bits per heavy atom. The molecule has 0 rings (SSSR count). The number of hydrogen-bond acceptors (Lipinski definition) is 7. The maximum absolute atomic E-state index is 12.7. The van der Waals surface area contributed by atoms with Crippen LogP contribution in [-0.4, -0.2) is 74.9 Å². The van der Waals surface area contributed by atoms with Crippen LogP contribution in [-0.2, 0) is 32.7 Å². The molecule has 0 aromatic rings. The lowest BCUT2D eigenvalue weighted by Gasteiger charge is -2.24. The summed E-state index contributed by atoms with van der Waals surface area (Å²) in [6, 6.07) is 0. The highest BCUT2D eigenvalue weighted by molar-refractivity contribution is 7.47. The van der Waals surface area contributed by atoms with Crippen molar-refractivity contribution in [1.82, 2.24) is 0 Å². The molecule has 0 amide bonds. The first-order chi connectivity index (χ1) is 26.0. The van der Waals surface area contributed by atoms with Crippen molar-refractivity contribution in [1.29, 1.82) is 0 Å². The molecule has 0 heterocycles. The van der Waals surface area contributed by atoms with Crippen LogP contribution in [0.1, 0.15) is 194 Å². The van der Waals surface area contributed by atoms with Crippen LogP contribution in [0.3, 0.4) is 0 Å². The van der Waals surface area contributed by atoms with Crippen molar-refractivity contribution < 1.29 is 42.1 Å². The van der Waals surface area contributed by atoms with Crippen LogP contribution < -0.4 is 0 Å². The molecule has 0 spiro atoms. The third-order valence-electron chi connectivity index (χ3n) is 9.09. The fraction of sp³-hybridized carbons (Fsp3) is 0.864. The minimum absolute atomic E-state index is 0.0230. The Balaban J connectivity index is 4.41. The van der Waals surface area contributed by atoms with Gasteiger partial charge in [-0.25, -0.2) is 4.57 Å². The molecule has 54 heavy (non-hydrogen) atoms. The third-order valence-corrected chi connectivity index (χ3v) is 10.1. The smallest absolute Gasteiger partial charge is 0.462 e. The van der Waals surface area contributed by atoms with Crippen LogP contribution >= 0.6 is 7.82 Å². The molecular formula is C44H81NO8P+. The van der Waals surface area contributed by atoms with E-state index in [9.17, 15) is 19.0 Å². The second-order valence-electron chi connectivity index (χ2n) is 15.7. The van der Waals surface area contributed by atoms with Crippen LogP contribution in [0.25, 0.3) is 0 Å². The van der Waals surface area contributed by atoms with E-state index >= 15 is 0 Å². The van der Waals surface area contributed by atoms with Gasteiger partial charge in [-0.05, 0) is 38.5 Å². The monoisotopic (exact) mass is 783 g/mol. The molecule has 0 fully saturated rings. The lowest BCUT2D eigenvalue weighted by molar-refractivity contribution is -0.870. The van der Waals surface area contributed by atoms with Crippen LogP contribution in [0, 0.1) is 23.7 Å².